The molecule has 0 saturated heterocycles. The van der Waals surface area contributed by atoms with Crippen LogP contribution in [-0.2, 0) is 26.2 Å². The van der Waals surface area contributed by atoms with E-state index in [2.05, 4.69) is 5.32 Å². The number of aryl methyl sites for hydroxylation is 2. The predicted octanol–water partition coefficient (Wildman–Crippen LogP) is 5.75. The number of nitrogens with zero attached hydrogens (tertiary/aromatic N) is 2. The number of hydrogen-bond donors (Lipinski definition) is 1. The van der Waals surface area contributed by atoms with Gasteiger partial charge in [-0.1, -0.05) is 59.6 Å². The number of amides is 2. The van der Waals surface area contributed by atoms with Crippen LogP contribution in [0.2, 0.25) is 10.0 Å². The molecule has 0 saturated carbocycles. The lowest BCUT2D eigenvalue weighted by atomic mass is 10.1. The Morgan fingerprint density at radius 2 is 1.51 bits per heavy atom. The molecule has 39 heavy (non-hydrogen) atoms. The number of carbonyl (C=O) groups excluding carboxylic acids is 2. The Labute approximate surface area is 240 Å². The lowest BCUT2D eigenvalue weighted by molar-refractivity contribution is -0.139. The minimum Gasteiger partial charge on any atom is -0.352 e. The minimum absolute atomic E-state index is 0.0463. The van der Waals surface area contributed by atoms with Gasteiger partial charge in [-0.25, -0.2) is 8.42 Å². The highest BCUT2D eigenvalue weighted by Crippen LogP contribution is 2.30. The second-order valence-corrected chi connectivity index (χ2v) is 12.4. The molecular formula is C29H33Cl2N3O4S. The van der Waals surface area contributed by atoms with Crippen molar-refractivity contribution in [3.05, 3.63) is 93.5 Å². The Balaban J connectivity index is 2.10. The molecule has 0 fully saturated rings. The summed E-state index contributed by atoms with van der Waals surface area (Å²) in [4.78, 5) is 28.4. The van der Waals surface area contributed by atoms with E-state index in [1.54, 1.807) is 56.3 Å². The highest BCUT2D eigenvalue weighted by atomic mass is 35.5. The maximum atomic E-state index is 14.0. The van der Waals surface area contributed by atoms with Gasteiger partial charge in [0.2, 0.25) is 11.8 Å². The van der Waals surface area contributed by atoms with Crippen LogP contribution in [0.5, 0.6) is 0 Å². The van der Waals surface area contributed by atoms with Crippen molar-refractivity contribution in [1.29, 1.82) is 0 Å². The first-order valence-corrected chi connectivity index (χ1v) is 14.7. The topological polar surface area (TPSA) is 86.8 Å². The Bertz CT molecular complexity index is 1430. The van der Waals surface area contributed by atoms with Crippen LogP contribution in [0, 0.1) is 13.8 Å². The lowest BCUT2D eigenvalue weighted by Gasteiger charge is -2.33. The predicted molar refractivity (Wildman–Crippen MR) is 157 cm³/mol. The molecule has 0 aliphatic rings. The van der Waals surface area contributed by atoms with E-state index in [4.69, 9.17) is 23.2 Å². The van der Waals surface area contributed by atoms with Gasteiger partial charge in [0.25, 0.3) is 10.0 Å². The third-order valence-corrected chi connectivity index (χ3v) is 8.71. The molecular weight excluding hydrogens is 557 g/mol. The smallest absolute Gasteiger partial charge is 0.264 e. The normalized spacial score (nSPS) is 12.2. The number of anilines is 1. The first kappa shape index (κ1) is 30.5. The average Bonchev–Trinajstić information content (AvgIpc) is 2.88. The first-order valence-electron chi connectivity index (χ1n) is 12.5. The molecule has 0 bridgehead atoms. The van der Waals surface area contributed by atoms with Gasteiger partial charge in [-0.2, -0.15) is 0 Å². The fourth-order valence-corrected chi connectivity index (χ4v) is 6.07. The molecule has 10 heteroatoms. The molecule has 1 atom stereocenters. The number of halogens is 2. The molecule has 7 nitrogen and oxygen atoms in total. The highest BCUT2D eigenvalue weighted by molar-refractivity contribution is 7.92. The van der Waals surface area contributed by atoms with Crippen LogP contribution in [0.25, 0.3) is 0 Å². The van der Waals surface area contributed by atoms with Crippen molar-refractivity contribution in [1.82, 2.24) is 10.2 Å². The van der Waals surface area contributed by atoms with Crippen LogP contribution < -0.4 is 9.62 Å². The van der Waals surface area contributed by atoms with Gasteiger partial charge in [-0.3, -0.25) is 13.9 Å². The van der Waals surface area contributed by atoms with E-state index >= 15 is 0 Å². The number of sulfonamides is 1. The van der Waals surface area contributed by atoms with E-state index < -0.39 is 28.5 Å². The zero-order valence-electron chi connectivity index (χ0n) is 22.6. The van der Waals surface area contributed by atoms with Gasteiger partial charge in [0.1, 0.15) is 12.6 Å². The molecule has 3 rings (SSSR count). The van der Waals surface area contributed by atoms with E-state index in [9.17, 15) is 18.0 Å². The molecule has 1 unspecified atom stereocenters. The van der Waals surface area contributed by atoms with Crippen molar-refractivity contribution in [2.45, 2.75) is 58.1 Å². The van der Waals surface area contributed by atoms with Crippen LogP contribution in [0.4, 0.5) is 5.69 Å². The monoisotopic (exact) mass is 589 g/mol. The maximum absolute atomic E-state index is 14.0. The van der Waals surface area contributed by atoms with Crippen molar-refractivity contribution in [3.8, 4) is 0 Å². The largest absolute Gasteiger partial charge is 0.352 e. The van der Waals surface area contributed by atoms with Crippen LogP contribution in [0.15, 0.2) is 71.6 Å². The molecule has 1 N–H and O–H groups in total. The molecule has 3 aromatic carbocycles. The second-order valence-electron chi connectivity index (χ2n) is 9.68. The van der Waals surface area contributed by atoms with Gasteiger partial charge < -0.3 is 10.2 Å². The van der Waals surface area contributed by atoms with Crippen LogP contribution in [0.1, 0.15) is 37.5 Å². The highest BCUT2D eigenvalue weighted by Gasteiger charge is 2.33. The summed E-state index contributed by atoms with van der Waals surface area (Å²) >= 11 is 12.8. The number of benzene rings is 3. The fourth-order valence-electron chi connectivity index (χ4n) is 4.06. The van der Waals surface area contributed by atoms with Crippen LogP contribution >= 0.6 is 23.2 Å². The number of nitrogens with one attached hydrogen (secondary N) is 1. The number of rotatable bonds is 10. The molecule has 0 spiro atoms. The van der Waals surface area contributed by atoms with Gasteiger partial charge in [-0.05, 0) is 76.1 Å². The maximum Gasteiger partial charge on any atom is 0.264 e. The van der Waals surface area contributed by atoms with Crippen molar-refractivity contribution in [2.75, 3.05) is 10.8 Å². The molecule has 0 aliphatic carbocycles. The summed E-state index contributed by atoms with van der Waals surface area (Å²) in [5.41, 5.74) is 2.35. The molecule has 2 amide bonds. The Hall–Kier alpha value is -3.07. The fraction of sp³-hybridized carbons (Fsp3) is 0.310. The number of hydrogen-bond acceptors (Lipinski definition) is 4. The van der Waals surface area contributed by atoms with Crippen molar-refractivity contribution >= 4 is 50.7 Å². The minimum atomic E-state index is -4.14. The van der Waals surface area contributed by atoms with Gasteiger partial charge in [0.05, 0.1) is 10.6 Å². The van der Waals surface area contributed by atoms with Crippen molar-refractivity contribution in [3.63, 3.8) is 0 Å². The average molecular weight is 591 g/mol. The standard InChI is InChI=1S/C29H33Cl2N3O4S/c1-19(2)32-29(36)22(5)33(17-24-25(30)12-9-13-26(24)31)28(35)18-34(27-16-20(3)14-15-21(27)4)39(37,38)23-10-7-6-8-11-23/h6-16,19,22H,17-18H2,1-5H3,(H,32,36). The lowest BCUT2D eigenvalue weighted by Crippen LogP contribution is -2.52. The summed E-state index contributed by atoms with van der Waals surface area (Å²) in [5.74, 6) is -0.969. The van der Waals surface area contributed by atoms with Crippen LogP contribution in [-0.4, -0.2) is 43.8 Å². The second kappa shape index (κ2) is 12.9. The summed E-state index contributed by atoms with van der Waals surface area (Å²) < 4.78 is 28.9. The third-order valence-electron chi connectivity index (χ3n) is 6.23. The SMILES string of the molecule is Cc1ccc(C)c(N(CC(=O)N(Cc2c(Cl)cccc2Cl)C(C)C(=O)NC(C)C)S(=O)(=O)c2ccccc2)c1. The third kappa shape index (κ3) is 7.32. The Morgan fingerprint density at radius 1 is 0.897 bits per heavy atom. The number of carbonyl (C=O) groups is 2. The molecule has 0 aliphatic heterocycles. The van der Waals surface area contributed by atoms with Crippen molar-refractivity contribution < 1.29 is 18.0 Å². The van der Waals surface area contributed by atoms with E-state index in [0.717, 1.165) is 9.87 Å². The molecule has 208 valence electrons. The molecule has 0 heterocycles. The Morgan fingerprint density at radius 3 is 2.10 bits per heavy atom. The van der Waals surface area contributed by atoms with Gasteiger partial charge >= 0.3 is 0 Å². The quantitative estimate of drug-likeness (QED) is 0.326. The zero-order valence-corrected chi connectivity index (χ0v) is 24.9. The molecule has 0 radical (unpaired) electrons. The molecule has 3 aromatic rings. The zero-order chi connectivity index (χ0) is 28.9. The van der Waals surface area contributed by atoms with Crippen LogP contribution in [0.3, 0.4) is 0 Å². The van der Waals surface area contributed by atoms with Crippen molar-refractivity contribution in [2.24, 2.45) is 0 Å². The van der Waals surface area contributed by atoms with E-state index in [1.807, 2.05) is 32.9 Å². The Kier molecular flexibility index (Phi) is 10.0. The summed E-state index contributed by atoms with van der Waals surface area (Å²) in [6.45, 7) is 8.23. The summed E-state index contributed by atoms with van der Waals surface area (Å²) in [7, 11) is -4.14. The summed E-state index contributed by atoms with van der Waals surface area (Å²) in [6, 6.07) is 17.2. The van der Waals surface area contributed by atoms with Gasteiger partial charge in [0.15, 0.2) is 0 Å². The molecule has 0 aromatic heterocycles. The van der Waals surface area contributed by atoms with E-state index in [0.29, 0.717) is 26.9 Å². The first-order chi connectivity index (χ1) is 18.3. The summed E-state index contributed by atoms with van der Waals surface area (Å²) in [5, 5.41) is 3.49. The van der Waals surface area contributed by atoms with Gasteiger partial charge in [-0.15, -0.1) is 0 Å². The van der Waals surface area contributed by atoms with Gasteiger partial charge in [0, 0.05) is 28.2 Å². The van der Waals surface area contributed by atoms with E-state index in [1.165, 1.54) is 17.0 Å². The van der Waals surface area contributed by atoms with E-state index in [-0.39, 0.29) is 23.4 Å². The summed E-state index contributed by atoms with van der Waals surface area (Å²) in [6.07, 6.45) is 0.